The number of nitrogens with zero attached hydrogens (tertiary/aromatic N) is 1. The molecule has 8 heteroatoms. The third-order valence-corrected chi connectivity index (χ3v) is 7.31. The van der Waals surface area contributed by atoms with Gasteiger partial charge in [-0.3, -0.25) is 14.9 Å². The highest BCUT2D eigenvalue weighted by Gasteiger charge is 2.28. The zero-order valence-corrected chi connectivity index (χ0v) is 20.5. The van der Waals surface area contributed by atoms with Gasteiger partial charge in [-0.05, 0) is 68.6 Å². The lowest BCUT2D eigenvalue weighted by Gasteiger charge is -2.23. The van der Waals surface area contributed by atoms with Crippen LogP contribution in [0.3, 0.4) is 0 Å². The molecule has 0 aliphatic rings. The number of aryl methyl sites for hydroxylation is 1. The molecule has 0 aliphatic heterocycles. The van der Waals surface area contributed by atoms with E-state index in [1.807, 2.05) is 54.6 Å². The van der Waals surface area contributed by atoms with Crippen molar-refractivity contribution in [3.8, 4) is 0 Å². The number of hydrogen-bond acceptors (Lipinski definition) is 8. The lowest BCUT2D eigenvalue weighted by molar-refractivity contribution is -0.146. The first-order valence-electron chi connectivity index (χ1n) is 11.3. The van der Waals surface area contributed by atoms with Crippen LogP contribution in [-0.4, -0.2) is 41.3 Å². The molecule has 0 aliphatic carbocycles. The number of ether oxygens (including phenoxy) is 1. The Bertz CT molecular complexity index is 993. The molecule has 3 N–H and O–H groups in total. The molecular formula is C25H31N3O3S2. The van der Waals surface area contributed by atoms with Crippen molar-refractivity contribution in [1.82, 2.24) is 10.3 Å². The first kappa shape index (κ1) is 25.4. The second-order valence-electron chi connectivity index (χ2n) is 7.70. The van der Waals surface area contributed by atoms with Gasteiger partial charge in [0.15, 0.2) is 4.34 Å². The van der Waals surface area contributed by atoms with Gasteiger partial charge in [-0.25, -0.2) is 4.98 Å². The summed E-state index contributed by atoms with van der Waals surface area (Å²) < 4.78 is 7.07. The average molecular weight is 486 g/mol. The Morgan fingerprint density at radius 3 is 2.55 bits per heavy atom. The average Bonchev–Trinajstić information content (AvgIpc) is 3.23. The van der Waals surface area contributed by atoms with Crippen molar-refractivity contribution in [2.75, 3.05) is 13.2 Å². The van der Waals surface area contributed by atoms with Gasteiger partial charge in [0.2, 0.25) is 5.12 Å². The molecule has 2 aromatic carbocycles. The second kappa shape index (κ2) is 13.4. The molecule has 3 aromatic rings. The largest absolute Gasteiger partial charge is 0.465 e. The van der Waals surface area contributed by atoms with Crippen molar-refractivity contribution in [3.63, 3.8) is 0 Å². The summed E-state index contributed by atoms with van der Waals surface area (Å²) in [4.78, 5) is 30.5. The topological polar surface area (TPSA) is 94.3 Å². The van der Waals surface area contributed by atoms with Crippen molar-refractivity contribution >= 4 is 44.4 Å². The fourth-order valence-electron chi connectivity index (χ4n) is 3.52. The van der Waals surface area contributed by atoms with E-state index in [1.165, 1.54) is 11.3 Å². The van der Waals surface area contributed by atoms with Crippen molar-refractivity contribution in [3.05, 3.63) is 60.2 Å². The molecule has 2 atom stereocenters. The van der Waals surface area contributed by atoms with Crippen LogP contribution in [0.1, 0.15) is 38.2 Å². The summed E-state index contributed by atoms with van der Waals surface area (Å²) in [5.41, 5.74) is 7.69. The molecule has 0 radical (unpaired) electrons. The van der Waals surface area contributed by atoms with Crippen LogP contribution >= 0.6 is 23.1 Å². The van der Waals surface area contributed by atoms with E-state index in [0.29, 0.717) is 36.8 Å². The van der Waals surface area contributed by atoms with Crippen molar-refractivity contribution in [2.45, 2.75) is 55.5 Å². The Kier molecular flexibility index (Phi) is 10.3. The van der Waals surface area contributed by atoms with Crippen molar-refractivity contribution in [1.29, 1.82) is 0 Å². The number of para-hydroxylation sites is 1. The van der Waals surface area contributed by atoms with Crippen LogP contribution in [0.2, 0.25) is 0 Å². The lowest BCUT2D eigenvalue weighted by atomic mass is 10.0. The number of nitrogens with one attached hydrogen (secondary N) is 1. The highest BCUT2D eigenvalue weighted by molar-refractivity contribution is 8.15. The van der Waals surface area contributed by atoms with Crippen LogP contribution in [0.4, 0.5) is 0 Å². The predicted octanol–water partition coefficient (Wildman–Crippen LogP) is 4.57. The number of hydrogen-bond donors (Lipinski definition) is 2. The Morgan fingerprint density at radius 2 is 1.82 bits per heavy atom. The molecule has 0 amide bonds. The second-order valence-corrected chi connectivity index (χ2v) is 9.98. The SMILES string of the molecule is CCOC(=O)[C@H](CCc1ccccc1)N[C@@H](CCCCN)C(=O)Sc1nc2ccccc2s1. The summed E-state index contributed by atoms with van der Waals surface area (Å²) in [6.07, 6.45) is 3.50. The number of rotatable bonds is 13. The summed E-state index contributed by atoms with van der Waals surface area (Å²) in [6.45, 7) is 2.66. The number of esters is 1. The quantitative estimate of drug-likeness (QED) is 0.208. The molecule has 0 spiro atoms. The molecule has 3 rings (SSSR count). The molecule has 33 heavy (non-hydrogen) atoms. The third-order valence-electron chi connectivity index (χ3n) is 5.23. The van der Waals surface area contributed by atoms with Gasteiger partial charge in [0.05, 0.1) is 22.9 Å². The number of aromatic nitrogens is 1. The Balaban J connectivity index is 1.71. The minimum absolute atomic E-state index is 0.0416. The number of nitrogens with two attached hydrogens (primary N) is 1. The zero-order valence-electron chi connectivity index (χ0n) is 18.9. The summed E-state index contributed by atoms with van der Waals surface area (Å²) in [5, 5.41) is 3.27. The zero-order chi connectivity index (χ0) is 23.5. The van der Waals surface area contributed by atoms with Gasteiger partial charge in [-0.2, -0.15) is 0 Å². The van der Waals surface area contributed by atoms with E-state index in [4.69, 9.17) is 10.5 Å². The molecular weight excluding hydrogens is 454 g/mol. The van der Waals surface area contributed by atoms with Gasteiger partial charge in [-0.1, -0.05) is 48.9 Å². The first-order chi connectivity index (χ1) is 16.1. The normalized spacial score (nSPS) is 13.0. The minimum atomic E-state index is -0.562. The Morgan fingerprint density at radius 1 is 1.06 bits per heavy atom. The van der Waals surface area contributed by atoms with E-state index < -0.39 is 12.1 Å². The highest BCUT2D eigenvalue weighted by atomic mass is 32.2. The molecule has 0 unspecified atom stereocenters. The van der Waals surface area contributed by atoms with Crippen molar-refractivity contribution < 1.29 is 14.3 Å². The predicted molar refractivity (Wildman–Crippen MR) is 135 cm³/mol. The van der Waals surface area contributed by atoms with Crippen LogP contribution in [0, 0.1) is 0 Å². The molecule has 6 nitrogen and oxygen atoms in total. The van der Waals surface area contributed by atoms with Gasteiger partial charge < -0.3 is 10.5 Å². The Hall–Kier alpha value is -2.26. The van der Waals surface area contributed by atoms with Crippen LogP contribution in [0.5, 0.6) is 0 Å². The van der Waals surface area contributed by atoms with E-state index in [-0.39, 0.29) is 11.1 Å². The number of unbranched alkanes of at least 4 members (excludes halogenated alkanes) is 1. The fourth-order valence-corrected chi connectivity index (χ4v) is 5.55. The molecule has 176 valence electrons. The maximum Gasteiger partial charge on any atom is 0.323 e. The van der Waals surface area contributed by atoms with Gasteiger partial charge in [0.25, 0.3) is 0 Å². The molecule has 0 bridgehead atoms. The molecule has 1 aromatic heterocycles. The molecule has 0 saturated carbocycles. The smallest absolute Gasteiger partial charge is 0.323 e. The maximum absolute atomic E-state index is 13.3. The van der Waals surface area contributed by atoms with Gasteiger partial charge in [0, 0.05) is 0 Å². The monoisotopic (exact) mass is 485 g/mol. The number of fused-ring (bicyclic) bond motifs is 1. The van der Waals surface area contributed by atoms with Crippen LogP contribution in [-0.2, 0) is 20.7 Å². The first-order valence-corrected chi connectivity index (χ1v) is 13.0. The number of benzene rings is 2. The van der Waals surface area contributed by atoms with E-state index in [2.05, 4.69) is 10.3 Å². The number of thioether (sulfide) groups is 1. The summed E-state index contributed by atoms with van der Waals surface area (Å²) in [6, 6.07) is 16.8. The van der Waals surface area contributed by atoms with Crippen molar-refractivity contribution in [2.24, 2.45) is 5.73 Å². The summed E-state index contributed by atoms with van der Waals surface area (Å²) >= 11 is 2.64. The van der Waals surface area contributed by atoms with E-state index in [9.17, 15) is 9.59 Å². The summed E-state index contributed by atoms with van der Waals surface area (Å²) in [5.74, 6) is -0.324. The number of carbonyl (C=O) groups is 2. The lowest BCUT2D eigenvalue weighted by Crippen LogP contribution is -2.47. The number of carbonyl (C=O) groups excluding carboxylic acids is 2. The molecule has 0 fully saturated rings. The van der Waals surface area contributed by atoms with Gasteiger partial charge in [-0.15, -0.1) is 11.3 Å². The number of thiazole rings is 1. The van der Waals surface area contributed by atoms with Crippen LogP contribution in [0.15, 0.2) is 58.9 Å². The Labute approximate surface area is 203 Å². The standard InChI is InChI=1S/C25H31N3O3S2/c1-2-31-23(29)20(16-15-18-10-4-3-5-11-18)27-21(13-8-9-17-26)24(30)33-25-28-19-12-6-7-14-22(19)32-25/h3-7,10-12,14,20-21,27H,2,8-9,13,15-17,26H2,1H3/t20-,21-/m0/s1. The fraction of sp³-hybridized carbons (Fsp3) is 0.400. The van der Waals surface area contributed by atoms with Gasteiger partial charge in [0.1, 0.15) is 6.04 Å². The molecule has 0 saturated heterocycles. The van der Waals surface area contributed by atoms with Gasteiger partial charge >= 0.3 is 5.97 Å². The van der Waals surface area contributed by atoms with E-state index in [0.717, 1.165) is 40.4 Å². The van der Waals surface area contributed by atoms with E-state index in [1.54, 1.807) is 6.92 Å². The highest BCUT2D eigenvalue weighted by Crippen LogP contribution is 2.31. The minimum Gasteiger partial charge on any atom is -0.465 e. The third kappa shape index (κ3) is 7.92. The van der Waals surface area contributed by atoms with E-state index >= 15 is 0 Å². The molecule has 1 heterocycles. The maximum atomic E-state index is 13.3. The van der Waals surface area contributed by atoms with Crippen LogP contribution < -0.4 is 11.1 Å². The summed E-state index contributed by atoms with van der Waals surface area (Å²) in [7, 11) is 0. The van der Waals surface area contributed by atoms with Crippen LogP contribution in [0.25, 0.3) is 10.2 Å².